The van der Waals surface area contributed by atoms with Gasteiger partial charge in [0.1, 0.15) is 16.0 Å². The van der Waals surface area contributed by atoms with E-state index in [0.717, 1.165) is 31.5 Å². The molecule has 1 N–H and O–H groups in total. The van der Waals surface area contributed by atoms with E-state index in [1.165, 1.54) is 13.2 Å². The third-order valence-corrected chi connectivity index (χ3v) is 6.03. The number of hydrogen-bond donors (Lipinski definition) is 1. The molecule has 0 saturated carbocycles. The van der Waals surface area contributed by atoms with Crippen molar-refractivity contribution >= 4 is 21.8 Å². The molecule has 1 saturated heterocycles. The zero-order chi connectivity index (χ0) is 21.7. The first-order valence-electron chi connectivity index (χ1n) is 9.72. The maximum absolute atomic E-state index is 13.9. The monoisotopic (exact) mass is 480 g/mol. The van der Waals surface area contributed by atoms with E-state index in [1.54, 1.807) is 32.4 Å². The average molecular weight is 481 g/mol. The molecule has 1 aliphatic heterocycles. The minimum atomic E-state index is -0.350. The van der Waals surface area contributed by atoms with E-state index < -0.39 is 0 Å². The number of carbonyl (C=O) groups is 1. The predicted octanol–water partition coefficient (Wildman–Crippen LogP) is 4.01. The Kier molecular flexibility index (Phi) is 7.55. The number of rotatable bonds is 7. The lowest BCUT2D eigenvalue weighted by Gasteiger charge is -2.32. The molecule has 1 aliphatic rings. The van der Waals surface area contributed by atoms with Crippen LogP contribution in [0, 0.1) is 5.82 Å². The van der Waals surface area contributed by atoms with Gasteiger partial charge >= 0.3 is 0 Å². The van der Waals surface area contributed by atoms with Crippen LogP contribution >= 0.6 is 15.9 Å². The molecule has 0 aliphatic carbocycles. The molecule has 0 aromatic heterocycles. The molecule has 3 rings (SSSR count). The summed E-state index contributed by atoms with van der Waals surface area (Å²) in [7, 11) is 4.55. The largest absolute Gasteiger partial charge is 0.495 e. The van der Waals surface area contributed by atoms with Crippen molar-refractivity contribution in [3.63, 3.8) is 0 Å². The number of amides is 1. The van der Waals surface area contributed by atoms with Gasteiger partial charge in [0.25, 0.3) is 5.91 Å². The number of nitrogens with one attached hydrogen (secondary N) is 1. The van der Waals surface area contributed by atoms with Crippen molar-refractivity contribution in [1.29, 1.82) is 0 Å². The zero-order valence-electron chi connectivity index (χ0n) is 17.3. The molecule has 0 radical (unpaired) electrons. The Morgan fingerprint density at radius 2 is 1.67 bits per heavy atom. The maximum Gasteiger partial charge on any atom is 0.251 e. The molecule has 30 heavy (non-hydrogen) atoms. The van der Waals surface area contributed by atoms with E-state index >= 15 is 0 Å². The number of nitrogens with zero attached hydrogens (tertiary/aromatic N) is 1. The molecular formula is C22H26BrFN2O4. The molecule has 0 atom stereocenters. The minimum absolute atomic E-state index is 0.0852. The Morgan fingerprint density at radius 3 is 2.20 bits per heavy atom. The number of piperidine rings is 1. The van der Waals surface area contributed by atoms with Crippen LogP contribution in [0.1, 0.15) is 28.8 Å². The van der Waals surface area contributed by atoms with E-state index in [2.05, 4.69) is 26.1 Å². The van der Waals surface area contributed by atoms with E-state index in [-0.39, 0.29) is 23.5 Å². The third kappa shape index (κ3) is 5.23. The Bertz CT molecular complexity index is 876. The topological polar surface area (TPSA) is 60.0 Å². The van der Waals surface area contributed by atoms with Crippen molar-refractivity contribution in [3.8, 4) is 17.2 Å². The lowest BCUT2D eigenvalue weighted by Crippen LogP contribution is -2.44. The zero-order valence-corrected chi connectivity index (χ0v) is 18.9. The van der Waals surface area contributed by atoms with Crippen molar-refractivity contribution in [3.05, 3.63) is 51.7 Å². The number of likely N-dealkylation sites (tertiary alicyclic amines) is 1. The van der Waals surface area contributed by atoms with Gasteiger partial charge in [-0.1, -0.05) is 6.07 Å². The molecule has 2 aromatic carbocycles. The van der Waals surface area contributed by atoms with Crippen LogP contribution in [0.3, 0.4) is 0 Å². The molecule has 6 nitrogen and oxygen atoms in total. The van der Waals surface area contributed by atoms with Crippen LogP contribution in [0.25, 0.3) is 0 Å². The predicted molar refractivity (Wildman–Crippen MR) is 116 cm³/mol. The lowest BCUT2D eigenvalue weighted by molar-refractivity contribution is 0.0908. The van der Waals surface area contributed by atoms with Gasteiger partial charge in [0.2, 0.25) is 0 Å². The molecule has 8 heteroatoms. The highest BCUT2D eigenvalue weighted by atomic mass is 79.9. The summed E-state index contributed by atoms with van der Waals surface area (Å²) in [6.45, 7) is 2.32. The molecule has 0 spiro atoms. The summed E-state index contributed by atoms with van der Waals surface area (Å²) >= 11 is 3.41. The molecule has 1 heterocycles. The Balaban J connectivity index is 1.55. The average Bonchev–Trinajstić information content (AvgIpc) is 2.75. The van der Waals surface area contributed by atoms with E-state index in [0.29, 0.717) is 28.1 Å². The van der Waals surface area contributed by atoms with Crippen molar-refractivity contribution in [2.24, 2.45) is 0 Å². The van der Waals surface area contributed by atoms with Gasteiger partial charge in [-0.25, -0.2) is 4.39 Å². The van der Waals surface area contributed by atoms with Crippen LogP contribution in [0.5, 0.6) is 17.2 Å². The summed E-state index contributed by atoms with van der Waals surface area (Å²) in [6, 6.07) is 8.51. The van der Waals surface area contributed by atoms with Gasteiger partial charge in [0, 0.05) is 31.2 Å². The molecule has 0 bridgehead atoms. The van der Waals surface area contributed by atoms with Crippen molar-refractivity contribution in [2.45, 2.75) is 25.4 Å². The summed E-state index contributed by atoms with van der Waals surface area (Å²) in [5, 5.41) is 3.10. The Labute approximate surface area is 184 Å². The number of hydrogen-bond acceptors (Lipinski definition) is 5. The molecule has 2 aromatic rings. The third-order valence-electron chi connectivity index (χ3n) is 5.25. The summed E-state index contributed by atoms with van der Waals surface area (Å²) in [6.07, 6.45) is 1.66. The fourth-order valence-corrected chi connectivity index (χ4v) is 4.12. The van der Waals surface area contributed by atoms with Gasteiger partial charge in [-0.3, -0.25) is 9.69 Å². The first-order chi connectivity index (χ1) is 14.4. The first-order valence-corrected chi connectivity index (χ1v) is 10.5. The van der Waals surface area contributed by atoms with Crippen LogP contribution in [-0.2, 0) is 6.54 Å². The van der Waals surface area contributed by atoms with Crippen LogP contribution in [0.15, 0.2) is 34.8 Å². The van der Waals surface area contributed by atoms with Crippen LogP contribution in [0.4, 0.5) is 4.39 Å². The van der Waals surface area contributed by atoms with Crippen LogP contribution in [0.2, 0.25) is 0 Å². The lowest BCUT2D eigenvalue weighted by atomic mass is 10.0. The molecule has 1 amide bonds. The summed E-state index contributed by atoms with van der Waals surface area (Å²) in [5.41, 5.74) is 1.40. The Hall–Kier alpha value is -2.32. The highest BCUT2D eigenvalue weighted by molar-refractivity contribution is 9.10. The van der Waals surface area contributed by atoms with Gasteiger partial charge in [0.15, 0.2) is 11.6 Å². The first kappa shape index (κ1) is 22.4. The van der Waals surface area contributed by atoms with E-state index in [9.17, 15) is 9.18 Å². The van der Waals surface area contributed by atoms with E-state index in [4.69, 9.17) is 14.2 Å². The van der Waals surface area contributed by atoms with Gasteiger partial charge in [-0.05, 0) is 58.6 Å². The van der Waals surface area contributed by atoms with Crippen molar-refractivity contribution < 1.29 is 23.4 Å². The van der Waals surface area contributed by atoms with Gasteiger partial charge in [-0.2, -0.15) is 0 Å². The number of halogens is 2. The smallest absolute Gasteiger partial charge is 0.251 e. The number of methoxy groups -OCH3 is 3. The summed E-state index contributed by atoms with van der Waals surface area (Å²) < 4.78 is 30.2. The minimum Gasteiger partial charge on any atom is -0.495 e. The van der Waals surface area contributed by atoms with Gasteiger partial charge in [-0.15, -0.1) is 0 Å². The molecule has 0 unspecified atom stereocenters. The second-order valence-corrected chi connectivity index (χ2v) is 7.98. The fraction of sp³-hybridized carbons (Fsp3) is 0.409. The Morgan fingerprint density at radius 1 is 1.07 bits per heavy atom. The summed E-state index contributed by atoms with van der Waals surface area (Å²) in [4.78, 5) is 15.0. The maximum atomic E-state index is 13.9. The van der Waals surface area contributed by atoms with Crippen molar-refractivity contribution in [1.82, 2.24) is 10.2 Å². The number of ether oxygens (including phenoxy) is 3. The fourth-order valence-electron chi connectivity index (χ4n) is 3.57. The normalized spacial score (nSPS) is 15.0. The van der Waals surface area contributed by atoms with Gasteiger partial charge in [0.05, 0.1) is 21.3 Å². The number of benzene rings is 2. The van der Waals surface area contributed by atoms with Gasteiger partial charge < -0.3 is 19.5 Å². The standard InChI is InChI=1S/C22H26BrFN2O4/c1-28-18-5-4-14(10-17(18)24)13-26-8-6-16(7-9-26)25-22(27)15-11-19(29-2)21(23)20(12-15)30-3/h4-5,10-12,16H,6-9,13H2,1-3H3,(H,25,27). The van der Waals surface area contributed by atoms with E-state index in [1.807, 2.05) is 6.07 Å². The SMILES string of the molecule is COc1ccc(CN2CCC(NC(=O)c3cc(OC)c(Br)c(OC)c3)CC2)cc1F. The molecule has 162 valence electrons. The highest BCUT2D eigenvalue weighted by Crippen LogP contribution is 2.35. The quantitative estimate of drug-likeness (QED) is 0.648. The molecule has 1 fully saturated rings. The second kappa shape index (κ2) is 10.1. The van der Waals surface area contributed by atoms with Crippen molar-refractivity contribution in [2.75, 3.05) is 34.4 Å². The number of carbonyl (C=O) groups excluding carboxylic acids is 1. The second-order valence-electron chi connectivity index (χ2n) is 7.19. The van der Waals surface area contributed by atoms with Crippen LogP contribution in [-0.4, -0.2) is 51.3 Å². The molecular weight excluding hydrogens is 455 g/mol. The highest BCUT2D eigenvalue weighted by Gasteiger charge is 2.23. The van der Waals surface area contributed by atoms with Crippen LogP contribution < -0.4 is 19.5 Å². The summed E-state index contributed by atoms with van der Waals surface area (Å²) in [5.74, 6) is 0.829.